The number of hydrogen-bond acceptors (Lipinski definition) is 3. The molecule has 4 rings (SSSR count). The highest BCUT2D eigenvalue weighted by Crippen LogP contribution is 2.36. The minimum atomic E-state index is -0.521. The summed E-state index contributed by atoms with van der Waals surface area (Å²) in [4.78, 5) is 17.3. The van der Waals surface area contributed by atoms with Gasteiger partial charge in [-0.2, -0.15) is 0 Å². The Balaban J connectivity index is 1.69. The van der Waals surface area contributed by atoms with E-state index >= 15 is 0 Å². The van der Waals surface area contributed by atoms with Crippen LogP contribution in [-0.2, 0) is 11.3 Å². The van der Waals surface area contributed by atoms with Crippen molar-refractivity contribution in [1.29, 1.82) is 0 Å². The van der Waals surface area contributed by atoms with E-state index in [1.165, 1.54) is 12.5 Å². The van der Waals surface area contributed by atoms with E-state index in [-0.39, 0.29) is 23.2 Å². The summed E-state index contributed by atoms with van der Waals surface area (Å²) in [6, 6.07) is 12.8. The molecular formula is C23H21ClFIN2O2. The molecule has 1 aliphatic carbocycles. The van der Waals surface area contributed by atoms with Gasteiger partial charge in [-0.3, -0.25) is 4.57 Å². The van der Waals surface area contributed by atoms with Crippen LogP contribution >= 0.6 is 34.2 Å². The lowest BCUT2D eigenvalue weighted by Crippen LogP contribution is -2.13. The Morgan fingerprint density at radius 2 is 1.90 bits per heavy atom. The molecule has 7 heteroatoms. The average molecular weight is 539 g/mol. The zero-order chi connectivity index (χ0) is 21.1. The van der Waals surface area contributed by atoms with Crippen molar-refractivity contribution in [2.45, 2.75) is 44.6 Å². The first-order chi connectivity index (χ1) is 14.5. The number of aromatic nitrogens is 2. The maximum absolute atomic E-state index is 15.0. The van der Waals surface area contributed by atoms with Gasteiger partial charge in [-0.05, 0) is 53.1 Å². The van der Waals surface area contributed by atoms with Crippen LogP contribution in [0.25, 0.3) is 5.69 Å². The molecule has 1 saturated carbocycles. The van der Waals surface area contributed by atoms with Crippen molar-refractivity contribution in [2.24, 2.45) is 0 Å². The average Bonchev–Trinajstić information content (AvgIpc) is 3.21. The third-order valence-electron chi connectivity index (χ3n) is 5.39. The number of imidazole rings is 1. The Morgan fingerprint density at radius 3 is 2.63 bits per heavy atom. The van der Waals surface area contributed by atoms with Gasteiger partial charge < -0.3 is 4.74 Å². The lowest BCUT2D eigenvalue weighted by Gasteiger charge is -2.22. The van der Waals surface area contributed by atoms with Crippen molar-refractivity contribution >= 4 is 40.2 Å². The Labute approximate surface area is 193 Å². The molecule has 0 atom stereocenters. The molecule has 0 saturated heterocycles. The molecular weight excluding hydrogens is 518 g/mol. The Bertz CT molecular complexity index is 1050. The second kappa shape index (κ2) is 9.47. The van der Waals surface area contributed by atoms with Crippen LogP contribution in [0.5, 0.6) is 0 Å². The normalized spacial score (nSPS) is 14.6. The van der Waals surface area contributed by atoms with Gasteiger partial charge >= 0.3 is 5.97 Å². The van der Waals surface area contributed by atoms with Crippen LogP contribution in [-0.4, -0.2) is 15.5 Å². The standard InChI is InChI=1S/C23H21ClFIN2O2/c24-17-11-12-18(26)21(20(17)25)28-13-19(27-22(28)16-9-5-2-6-10-16)23(29)30-14-15-7-3-1-4-8-15/h1,3-4,7-8,11-13,16H,2,5-6,9-10,14H2. The molecule has 0 N–H and O–H groups in total. The summed E-state index contributed by atoms with van der Waals surface area (Å²) in [5.41, 5.74) is 1.41. The monoisotopic (exact) mass is 538 g/mol. The molecule has 156 valence electrons. The van der Waals surface area contributed by atoms with Gasteiger partial charge in [0, 0.05) is 15.7 Å². The molecule has 0 unspecified atom stereocenters. The molecule has 1 heterocycles. The highest BCUT2D eigenvalue weighted by Gasteiger charge is 2.27. The summed E-state index contributed by atoms with van der Waals surface area (Å²) in [6.07, 6.45) is 6.89. The van der Waals surface area contributed by atoms with Crippen LogP contribution in [0.1, 0.15) is 59.9 Å². The number of esters is 1. The quantitative estimate of drug-likeness (QED) is 0.207. The number of halogens is 3. The summed E-state index contributed by atoms with van der Waals surface area (Å²) >= 11 is 8.14. The molecule has 4 nitrogen and oxygen atoms in total. The van der Waals surface area contributed by atoms with E-state index in [9.17, 15) is 9.18 Å². The van der Waals surface area contributed by atoms with E-state index in [2.05, 4.69) is 27.6 Å². The fourth-order valence-corrected chi connectivity index (χ4v) is 4.68. The molecule has 0 aliphatic heterocycles. The maximum atomic E-state index is 15.0. The van der Waals surface area contributed by atoms with E-state index in [0.29, 0.717) is 15.1 Å². The number of benzene rings is 2. The van der Waals surface area contributed by atoms with Gasteiger partial charge in [0.15, 0.2) is 11.5 Å². The molecule has 30 heavy (non-hydrogen) atoms. The van der Waals surface area contributed by atoms with Crippen LogP contribution in [0.4, 0.5) is 4.39 Å². The topological polar surface area (TPSA) is 44.1 Å². The highest BCUT2D eigenvalue weighted by molar-refractivity contribution is 14.1. The molecule has 3 aromatic rings. The summed E-state index contributed by atoms with van der Waals surface area (Å²) < 4.78 is 22.8. The van der Waals surface area contributed by atoms with E-state index in [4.69, 9.17) is 16.3 Å². The third-order valence-corrected chi connectivity index (χ3v) is 6.55. The fraction of sp³-hybridized carbons (Fsp3) is 0.304. The van der Waals surface area contributed by atoms with Crippen LogP contribution in [0.15, 0.2) is 48.7 Å². The summed E-state index contributed by atoms with van der Waals surface area (Å²) in [6.45, 7) is 0.161. The molecule has 0 spiro atoms. The SMILES string of the molecule is O=C(OCc1ccccc1)c1cn(-c2c(I)ccc(Cl)c2F)c(C2CCCCC2)n1. The van der Waals surface area contributed by atoms with E-state index in [1.54, 1.807) is 16.8 Å². The molecule has 0 bridgehead atoms. The van der Waals surface area contributed by atoms with E-state index < -0.39 is 11.8 Å². The molecule has 0 amide bonds. The lowest BCUT2D eigenvalue weighted by atomic mass is 9.88. The molecule has 1 aliphatic rings. The minimum absolute atomic E-state index is 0.0434. The first-order valence-corrected chi connectivity index (χ1v) is 11.4. The second-order valence-electron chi connectivity index (χ2n) is 7.44. The zero-order valence-electron chi connectivity index (χ0n) is 16.3. The number of carbonyl (C=O) groups excluding carboxylic acids is 1. The van der Waals surface area contributed by atoms with Gasteiger partial charge in [0.05, 0.1) is 10.7 Å². The zero-order valence-corrected chi connectivity index (χ0v) is 19.2. The maximum Gasteiger partial charge on any atom is 0.358 e. The van der Waals surface area contributed by atoms with Crippen molar-refractivity contribution in [3.8, 4) is 5.69 Å². The lowest BCUT2D eigenvalue weighted by molar-refractivity contribution is 0.0466. The van der Waals surface area contributed by atoms with Crippen LogP contribution in [0, 0.1) is 9.39 Å². The fourth-order valence-electron chi connectivity index (χ4n) is 3.86. The first-order valence-electron chi connectivity index (χ1n) is 9.99. The van der Waals surface area contributed by atoms with Gasteiger partial charge in [-0.1, -0.05) is 61.2 Å². The number of hydrogen-bond donors (Lipinski definition) is 0. The predicted octanol–water partition coefficient (Wildman–Crippen LogP) is 6.67. The van der Waals surface area contributed by atoms with Crippen molar-refractivity contribution in [3.05, 3.63) is 80.2 Å². The summed E-state index contributed by atoms with van der Waals surface area (Å²) in [5, 5.41) is 0.0434. The van der Waals surface area contributed by atoms with Crippen LogP contribution < -0.4 is 0 Å². The number of carbonyl (C=O) groups is 1. The molecule has 0 radical (unpaired) electrons. The largest absolute Gasteiger partial charge is 0.456 e. The number of rotatable bonds is 5. The summed E-state index contributed by atoms with van der Waals surface area (Å²) in [7, 11) is 0. The van der Waals surface area contributed by atoms with Crippen molar-refractivity contribution in [3.63, 3.8) is 0 Å². The van der Waals surface area contributed by atoms with Crippen molar-refractivity contribution < 1.29 is 13.9 Å². The smallest absolute Gasteiger partial charge is 0.358 e. The Morgan fingerprint density at radius 1 is 1.17 bits per heavy atom. The van der Waals surface area contributed by atoms with Crippen molar-refractivity contribution in [1.82, 2.24) is 9.55 Å². The Hall–Kier alpha value is -1.93. The van der Waals surface area contributed by atoms with Gasteiger partial charge in [0.1, 0.15) is 12.4 Å². The highest BCUT2D eigenvalue weighted by atomic mass is 127. The van der Waals surface area contributed by atoms with E-state index in [0.717, 1.165) is 31.2 Å². The third kappa shape index (κ3) is 4.54. The van der Waals surface area contributed by atoms with Gasteiger partial charge in [0.25, 0.3) is 0 Å². The van der Waals surface area contributed by atoms with Crippen LogP contribution in [0.2, 0.25) is 5.02 Å². The van der Waals surface area contributed by atoms with Gasteiger partial charge in [0.2, 0.25) is 0 Å². The summed E-state index contributed by atoms with van der Waals surface area (Å²) in [5.74, 6) is -0.168. The second-order valence-corrected chi connectivity index (χ2v) is 9.01. The first kappa shape index (κ1) is 21.3. The Kier molecular flexibility index (Phi) is 6.73. The number of ether oxygens (including phenoxy) is 1. The predicted molar refractivity (Wildman–Crippen MR) is 123 cm³/mol. The molecule has 1 aromatic heterocycles. The molecule has 2 aromatic carbocycles. The van der Waals surface area contributed by atoms with Gasteiger partial charge in [-0.15, -0.1) is 0 Å². The number of nitrogens with zero attached hydrogens (tertiary/aromatic N) is 2. The van der Waals surface area contributed by atoms with Crippen molar-refractivity contribution in [2.75, 3.05) is 0 Å². The van der Waals surface area contributed by atoms with Gasteiger partial charge in [-0.25, -0.2) is 14.2 Å². The molecule has 1 fully saturated rings. The van der Waals surface area contributed by atoms with E-state index in [1.807, 2.05) is 30.3 Å². The van der Waals surface area contributed by atoms with Crippen LogP contribution in [0.3, 0.4) is 0 Å². The minimum Gasteiger partial charge on any atom is -0.456 e.